The summed E-state index contributed by atoms with van der Waals surface area (Å²) < 4.78 is 17.9. The average molecular weight is 467 g/mol. The molecule has 7 heteroatoms. The van der Waals surface area contributed by atoms with E-state index in [9.17, 15) is 9.90 Å². The maximum absolute atomic E-state index is 12.0. The van der Waals surface area contributed by atoms with E-state index in [0.29, 0.717) is 12.2 Å². The first-order chi connectivity index (χ1) is 16.4. The summed E-state index contributed by atoms with van der Waals surface area (Å²) in [4.78, 5) is 14.1. The van der Waals surface area contributed by atoms with E-state index in [4.69, 9.17) is 14.2 Å². The Labute approximate surface area is 201 Å². The lowest BCUT2D eigenvalue weighted by Crippen LogP contribution is -2.43. The number of rotatable bonds is 10. The van der Waals surface area contributed by atoms with Crippen LogP contribution in [0, 0.1) is 5.92 Å². The molecule has 1 amide bonds. The molecule has 3 rings (SSSR count). The summed E-state index contributed by atoms with van der Waals surface area (Å²) in [5.41, 5.74) is 3.25. The number of hydrogen-bond acceptors (Lipinski definition) is 6. The molecule has 1 saturated heterocycles. The predicted molar refractivity (Wildman–Crippen MR) is 132 cm³/mol. The highest BCUT2D eigenvalue weighted by Crippen LogP contribution is 2.42. The number of carbonyl (C=O) groups excluding carboxylic acids is 1. The van der Waals surface area contributed by atoms with Crippen LogP contribution in [-0.4, -0.2) is 48.9 Å². The Morgan fingerprint density at radius 2 is 1.91 bits per heavy atom. The fourth-order valence-corrected chi connectivity index (χ4v) is 3.98. The van der Waals surface area contributed by atoms with Gasteiger partial charge in [0.2, 0.25) is 0 Å². The smallest absolute Gasteiger partial charge is 0.411 e. The fraction of sp³-hybridized carbons (Fsp3) is 0.370. The van der Waals surface area contributed by atoms with Gasteiger partial charge in [0.25, 0.3) is 0 Å². The molecule has 2 aromatic carbocycles. The molecule has 7 nitrogen and oxygen atoms in total. The first-order valence-electron chi connectivity index (χ1n) is 11.4. The number of aliphatic hydroxyl groups is 1. The Kier molecular flexibility index (Phi) is 9.42. The summed E-state index contributed by atoms with van der Waals surface area (Å²) in [5.74, 6) is 0.0821. The van der Waals surface area contributed by atoms with E-state index in [-0.39, 0.29) is 31.3 Å². The molecule has 2 aromatic rings. The Hall–Kier alpha value is -2.97. The number of likely N-dealkylation sites (N-methyl/N-ethyl adjacent to an activating group) is 1. The molecule has 1 heterocycles. The second-order valence-corrected chi connectivity index (χ2v) is 8.47. The predicted octanol–water partition coefficient (Wildman–Crippen LogP) is 4.82. The van der Waals surface area contributed by atoms with Crippen molar-refractivity contribution >= 4 is 11.8 Å². The highest BCUT2D eigenvalue weighted by molar-refractivity contribution is 5.84. The van der Waals surface area contributed by atoms with Gasteiger partial charge in [0.05, 0.1) is 18.8 Å². The van der Waals surface area contributed by atoms with Crippen molar-refractivity contribution in [3.8, 4) is 0 Å². The lowest BCUT2D eigenvalue weighted by Gasteiger charge is -2.42. The topological polar surface area (TPSA) is 80.3 Å². The highest BCUT2D eigenvalue weighted by Gasteiger charge is 2.38. The minimum Gasteiger partial charge on any atom is -0.445 e. The van der Waals surface area contributed by atoms with Gasteiger partial charge in [-0.05, 0) is 30.3 Å². The first kappa shape index (κ1) is 25.6. The average Bonchev–Trinajstić information content (AvgIpc) is 2.84. The summed E-state index contributed by atoms with van der Waals surface area (Å²) in [5, 5.41) is 12.1. The summed E-state index contributed by atoms with van der Waals surface area (Å²) >= 11 is 0. The van der Waals surface area contributed by atoms with Gasteiger partial charge in [-0.1, -0.05) is 62.1 Å². The van der Waals surface area contributed by atoms with Gasteiger partial charge in [-0.3, -0.25) is 5.32 Å². The summed E-state index contributed by atoms with van der Waals surface area (Å²) in [6.07, 6.45) is 1.90. The number of hydrogen-bond donors (Lipinski definition) is 2. The summed E-state index contributed by atoms with van der Waals surface area (Å²) in [7, 11) is 2.03. The van der Waals surface area contributed by atoms with Crippen LogP contribution in [0.4, 0.5) is 10.5 Å². The van der Waals surface area contributed by atoms with E-state index in [2.05, 4.69) is 30.3 Å². The van der Waals surface area contributed by atoms with Crippen LogP contribution in [0.15, 0.2) is 73.8 Å². The van der Waals surface area contributed by atoms with E-state index in [1.54, 1.807) is 6.07 Å². The van der Waals surface area contributed by atoms with E-state index in [1.165, 1.54) is 6.08 Å². The third kappa shape index (κ3) is 6.77. The second-order valence-electron chi connectivity index (χ2n) is 8.47. The molecular weight excluding hydrogens is 432 g/mol. The highest BCUT2D eigenvalue weighted by atomic mass is 16.7. The van der Waals surface area contributed by atoms with Crippen molar-refractivity contribution in [3.05, 3.63) is 90.5 Å². The van der Waals surface area contributed by atoms with Crippen molar-refractivity contribution < 1.29 is 24.1 Å². The van der Waals surface area contributed by atoms with E-state index >= 15 is 0 Å². The molecule has 182 valence electrons. The third-order valence-electron chi connectivity index (χ3n) is 5.79. The zero-order valence-electron chi connectivity index (χ0n) is 19.9. The third-order valence-corrected chi connectivity index (χ3v) is 5.79. The molecule has 0 spiro atoms. The van der Waals surface area contributed by atoms with Gasteiger partial charge in [-0.2, -0.15) is 0 Å². The van der Waals surface area contributed by atoms with Crippen molar-refractivity contribution in [2.75, 3.05) is 32.1 Å². The van der Waals surface area contributed by atoms with Gasteiger partial charge in [-0.15, -0.1) is 6.58 Å². The molecule has 2 N–H and O–H groups in total. The van der Waals surface area contributed by atoms with Crippen molar-refractivity contribution in [1.29, 1.82) is 0 Å². The van der Waals surface area contributed by atoms with Crippen molar-refractivity contribution in [2.45, 2.75) is 32.0 Å². The van der Waals surface area contributed by atoms with Crippen molar-refractivity contribution in [2.24, 2.45) is 5.92 Å². The number of nitrogens with zero attached hydrogens (tertiary/aromatic N) is 1. The molecule has 0 saturated carbocycles. The van der Waals surface area contributed by atoms with Gasteiger partial charge in [0.15, 0.2) is 6.29 Å². The lowest BCUT2D eigenvalue weighted by atomic mass is 9.90. The number of carbonyl (C=O) groups is 1. The molecule has 1 fully saturated rings. The molecule has 1 aliphatic heterocycles. The van der Waals surface area contributed by atoms with Gasteiger partial charge < -0.3 is 24.2 Å². The molecule has 0 radical (unpaired) electrons. The summed E-state index contributed by atoms with van der Waals surface area (Å²) in [6, 6.07) is 15.2. The molecule has 34 heavy (non-hydrogen) atoms. The standard InChI is InChI=1S/C27H34N2O5/c1-5-14-29(4)17-24-19(3)25(21-12-10-20(18-30)11-13-21)34-26(33-24)22-8-7-9-23(16-22)28-27(31)32-15-6-2/h5-13,16,19,24-26,30H,1-2,14-15,17-18H2,3-4H3,(H,28,31)/t19-,24+,25+,26+/m1/s1. The van der Waals surface area contributed by atoms with E-state index < -0.39 is 12.4 Å². The van der Waals surface area contributed by atoms with E-state index in [0.717, 1.165) is 23.2 Å². The molecule has 0 bridgehead atoms. The molecule has 0 unspecified atom stereocenters. The summed E-state index contributed by atoms with van der Waals surface area (Å²) in [6.45, 7) is 11.1. The fourth-order valence-electron chi connectivity index (χ4n) is 3.98. The van der Waals surface area contributed by atoms with Crippen LogP contribution >= 0.6 is 0 Å². The number of benzene rings is 2. The number of nitrogens with one attached hydrogen (secondary N) is 1. The van der Waals surface area contributed by atoms with Crippen LogP contribution in [0.25, 0.3) is 0 Å². The number of aliphatic hydroxyl groups excluding tert-OH is 1. The van der Waals surface area contributed by atoms with Crippen LogP contribution in [0.3, 0.4) is 0 Å². The molecule has 0 aromatic heterocycles. The second kappa shape index (κ2) is 12.5. The number of ether oxygens (including phenoxy) is 3. The first-order valence-corrected chi connectivity index (χ1v) is 11.4. The van der Waals surface area contributed by atoms with Crippen molar-refractivity contribution in [1.82, 2.24) is 4.90 Å². The molecule has 1 aliphatic rings. The van der Waals surface area contributed by atoms with Gasteiger partial charge >= 0.3 is 6.09 Å². The quantitative estimate of drug-likeness (QED) is 0.489. The van der Waals surface area contributed by atoms with Crippen molar-refractivity contribution in [3.63, 3.8) is 0 Å². The minimum atomic E-state index is -0.619. The Balaban J connectivity index is 1.85. The molecule has 0 aliphatic carbocycles. The van der Waals surface area contributed by atoms with Crippen LogP contribution in [-0.2, 0) is 20.8 Å². The Morgan fingerprint density at radius 3 is 2.59 bits per heavy atom. The van der Waals surface area contributed by atoms with E-state index in [1.807, 2.05) is 55.6 Å². The largest absolute Gasteiger partial charge is 0.445 e. The molecular formula is C27H34N2O5. The van der Waals surface area contributed by atoms with Crippen LogP contribution in [0.5, 0.6) is 0 Å². The zero-order chi connectivity index (χ0) is 24.5. The lowest BCUT2D eigenvalue weighted by molar-refractivity contribution is -0.275. The normalized spacial score (nSPS) is 22.2. The van der Waals surface area contributed by atoms with Crippen LogP contribution < -0.4 is 5.32 Å². The van der Waals surface area contributed by atoms with Crippen LogP contribution in [0.2, 0.25) is 0 Å². The zero-order valence-corrected chi connectivity index (χ0v) is 19.9. The maximum atomic E-state index is 12.0. The monoisotopic (exact) mass is 466 g/mol. The maximum Gasteiger partial charge on any atom is 0.411 e. The minimum absolute atomic E-state index is 0.00288. The Morgan fingerprint density at radius 1 is 1.15 bits per heavy atom. The SMILES string of the molecule is C=CCOC(=O)Nc1cccc([C@H]2O[C@@H](CN(C)CC=C)[C@@H](C)[C@@H](c3ccc(CO)cc3)O2)c1. The number of amides is 1. The number of anilines is 1. The van der Waals surface area contributed by atoms with Crippen LogP contribution in [0.1, 0.15) is 36.0 Å². The van der Waals surface area contributed by atoms with Gasteiger partial charge in [0, 0.05) is 30.3 Å². The molecule has 4 atom stereocenters. The Bertz CT molecular complexity index is 962. The van der Waals surface area contributed by atoms with Gasteiger partial charge in [0.1, 0.15) is 6.61 Å². The van der Waals surface area contributed by atoms with Gasteiger partial charge in [-0.25, -0.2) is 4.79 Å².